The van der Waals surface area contributed by atoms with Crippen molar-refractivity contribution in [1.82, 2.24) is 0 Å². The molecule has 0 spiro atoms. The number of carbonyl (C=O) groups is 2. The van der Waals surface area contributed by atoms with Gasteiger partial charge in [0.2, 0.25) is 11.5 Å². The van der Waals surface area contributed by atoms with Crippen molar-refractivity contribution >= 4 is 17.6 Å². The molecule has 0 fully saturated rings. The number of hydrogen-bond donors (Lipinski definition) is 1. The molecule has 0 unspecified atom stereocenters. The van der Waals surface area contributed by atoms with Crippen LogP contribution in [0.3, 0.4) is 0 Å². The topological polar surface area (TPSA) is 94.5 Å². The predicted octanol–water partition coefficient (Wildman–Crippen LogP) is 0.841. The molecule has 0 saturated carbocycles. The molecule has 0 atom stereocenters. The Morgan fingerprint density at radius 2 is 1.81 bits per heavy atom. The molecule has 0 aromatic heterocycles. The summed E-state index contributed by atoms with van der Waals surface area (Å²) in [5.74, 6) is -1.77. The molecule has 0 radical (unpaired) electrons. The number of anilines is 1. The molecule has 8 nitrogen and oxygen atoms in total. The third-order valence-corrected chi connectivity index (χ3v) is 2.78. The van der Waals surface area contributed by atoms with E-state index in [2.05, 4.69) is 9.47 Å². The van der Waals surface area contributed by atoms with Gasteiger partial charge < -0.3 is 18.9 Å². The smallest absolute Gasteiger partial charge is 0.376 e. The Bertz CT molecular complexity index is 623. The van der Waals surface area contributed by atoms with Crippen LogP contribution in [0.15, 0.2) is 29.7 Å². The first kappa shape index (κ1) is 14.7. The Hall–Kier alpha value is -2.74. The fraction of sp³-hybridized carbons (Fsp3) is 0.231. The first-order chi connectivity index (χ1) is 10.0. The molecule has 1 aromatic rings. The molecule has 0 saturated heterocycles. The van der Waals surface area contributed by atoms with E-state index in [1.165, 1.54) is 19.2 Å². The van der Waals surface area contributed by atoms with Crippen molar-refractivity contribution < 1.29 is 33.7 Å². The van der Waals surface area contributed by atoms with Gasteiger partial charge in [0.1, 0.15) is 11.4 Å². The standard InChI is InChI=1S/C13H13NO7/c1-18-7-4-5-8-9(6-7)21-11(13(16)20-3)10(14(8)17)12(15)19-2/h4-6,17H,1-3H3. The van der Waals surface area contributed by atoms with E-state index in [1.54, 1.807) is 6.07 Å². The maximum atomic E-state index is 11.7. The zero-order chi connectivity index (χ0) is 15.6. The molecular weight excluding hydrogens is 282 g/mol. The van der Waals surface area contributed by atoms with Crippen LogP contribution in [0.25, 0.3) is 0 Å². The van der Waals surface area contributed by atoms with Crippen molar-refractivity contribution in [2.24, 2.45) is 0 Å². The average molecular weight is 295 g/mol. The number of hydrogen-bond acceptors (Lipinski definition) is 8. The highest BCUT2D eigenvalue weighted by Gasteiger charge is 2.36. The van der Waals surface area contributed by atoms with E-state index in [4.69, 9.17) is 9.47 Å². The number of carbonyl (C=O) groups excluding carboxylic acids is 2. The summed E-state index contributed by atoms with van der Waals surface area (Å²) < 4.78 is 19.5. The molecule has 0 aliphatic carbocycles. The second kappa shape index (κ2) is 5.71. The molecule has 8 heteroatoms. The monoisotopic (exact) mass is 295 g/mol. The van der Waals surface area contributed by atoms with Crippen molar-refractivity contribution in [3.8, 4) is 11.5 Å². The lowest BCUT2D eigenvalue weighted by Gasteiger charge is -2.27. The van der Waals surface area contributed by atoms with Gasteiger partial charge in [-0.2, -0.15) is 0 Å². The Labute approximate surface area is 120 Å². The van der Waals surface area contributed by atoms with Crippen LogP contribution >= 0.6 is 0 Å². The van der Waals surface area contributed by atoms with Gasteiger partial charge in [0.25, 0.3) is 0 Å². The highest BCUT2D eigenvalue weighted by Crippen LogP contribution is 2.39. The van der Waals surface area contributed by atoms with Crippen LogP contribution < -0.4 is 14.5 Å². The lowest BCUT2D eigenvalue weighted by molar-refractivity contribution is -0.142. The third-order valence-electron chi connectivity index (χ3n) is 2.78. The van der Waals surface area contributed by atoms with Gasteiger partial charge in [-0.3, -0.25) is 5.21 Å². The summed E-state index contributed by atoms with van der Waals surface area (Å²) in [4.78, 5) is 23.5. The van der Waals surface area contributed by atoms with Gasteiger partial charge in [-0.15, -0.1) is 0 Å². The summed E-state index contributed by atoms with van der Waals surface area (Å²) in [6.45, 7) is 0. The first-order valence-electron chi connectivity index (χ1n) is 5.79. The molecule has 1 N–H and O–H groups in total. The van der Waals surface area contributed by atoms with E-state index in [1.807, 2.05) is 0 Å². The Morgan fingerprint density at radius 1 is 1.14 bits per heavy atom. The number of benzene rings is 1. The summed E-state index contributed by atoms with van der Waals surface area (Å²) in [6.07, 6.45) is 0. The maximum absolute atomic E-state index is 11.7. The van der Waals surface area contributed by atoms with Crippen LogP contribution in [0, 0.1) is 0 Å². The highest BCUT2D eigenvalue weighted by atomic mass is 16.6. The molecule has 21 heavy (non-hydrogen) atoms. The number of esters is 2. The summed E-state index contributed by atoms with van der Waals surface area (Å²) in [5.41, 5.74) is -0.314. The van der Waals surface area contributed by atoms with Gasteiger partial charge in [0.15, 0.2) is 5.75 Å². The van der Waals surface area contributed by atoms with Crippen LogP contribution in [0.5, 0.6) is 11.5 Å². The van der Waals surface area contributed by atoms with Gasteiger partial charge in [0.05, 0.1) is 21.3 Å². The zero-order valence-corrected chi connectivity index (χ0v) is 11.6. The summed E-state index contributed by atoms with van der Waals surface area (Å²) >= 11 is 0. The van der Waals surface area contributed by atoms with Crippen LogP contribution in [0.2, 0.25) is 0 Å². The van der Waals surface area contributed by atoms with Gasteiger partial charge in [-0.25, -0.2) is 14.7 Å². The van der Waals surface area contributed by atoms with Crippen molar-refractivity contribution in [1.29, 1.82) is 0 Å². The number of rotatable bonds is 3. The fourth-order valence-electron chi connectivity index (χ4n) is 1.76. The lowest BCUT2D eigenvalue weighted by atomic mass is 10.2. The molecule has 0 bridgehead atoms. The number of fused-ring (bicyclic) bond motifs is 1. The summed E-state index contributed by atoms with van der Waals surface area (Å²) in [5, 5.41) is 10.7. The van der Waals surface area contributed by atoms with E-state index in [9.17, 15) is 14.8 Å². The van der Waals surface area contributed by atoms with Crippen molar-refractivity contribution in [3.63, 3.8) is 0 Å². The second-order valence-corrected chi connectivity index (χ2v) is 3.91. The minimum atomic E-state index is -0.945. The average Bonchev–Trinajstić information content (AvgIpc) is 2.52. The number of hydroxylamine groups is 1. The van der Waals surface area contributed by atoms with Gasteiger partial charge in [-0.05, 0) is 12.1 Å². The number of ether oxygens (including phenoxy) is 4. The van der Waals surface area contributed by atoms with Crippen molar-refractivity contribution in [2.75, 3.05) is 26.4 Å². The highest BCUT2D eigenvalue weighted by molar-refractivity contribution is 6.02. The summed E-state index contributed by atoms with van der Waals surface area (Å²) in [6, 6.07) is 4.48. The third kappa shape index (κ3) is 2.48. The number of nitrogens with zero attached hydrogens (tertiary/aromatic N) is 1. The van der Waals surface area contributed by atoms with Crippen LogP contribution in [-0.4, -0.2) is 38.5 Å². The van der Waals surface area contributed by atoms with E-state index in [-0.39, 0.29) is 11.4 Å². The predicted molar refractivity (Wildman–Crippen MR) is 68.9 cm³/mol. The lowest BCUT2D eigenvalue weighted by Crippen LogP contribution is -2.34. The molecule has 1 aliphatic heterocycles. The summed E-state index contributed by atoms with van der Waals surface area (Å²) in [7, 11) is 3.69. The zero-order valence-electron chi connectivity index (χ0n) is 11.6. The minimum Gasteiger partial charge on any atom is -0.497 e. The van der Waals surface area contributed by atoms with Crippen LogP contribution in [0.4, 0.5) is 5.69 Å². The quantitative estimate of drug-likeness (QED) is 0.820. The first-order valence-corrected chi connectivity index (χ1v) is 5.79. The molecule has 0 amide bonds. The second-order valence-electron chi connectivity index (χ2n) is 3.91. The normalized spacial score (nSPS) is 13.2. The van der Waals surface area contributed by atoms with Gasteiger partial charge >= 0.3 is 11.9 Å². The largest absolute Gasteiger partial charge is 0.497 e. The van der Waals surface area contributed by atoms with E-state index in [0.717, 1.165) is 14.2 Å². The maximum Gasteiger partial charge on any atom is 0.376 e. The van der Waals surface area contributed by atoms with Crippen LogP contribution in [0.1, 0.15) is 0 Å². The molecule has 2 rings (SSSR count). The molecule has 1 aliphatic rings. The molecule has 1 heterocycles. The van der Waals surface area contributed by atoms with E-state index < -0.39 is 23.4 Å². The minimum absolute atomic E-state index is 0.130. The van der Waals surface area contributed by atoms with Crippen LogP contribution in [-0.2, 0) is 19.1 Å². The Balaban J connectivity index is 2.56. The van der Waals surface area contributed by atoms with Crippen molar-refractivity contribution in [2.45, 2.75) is 0 Å². The van der Waals surface area contributed by atoms with Crippen molar-refractivity contribution in [3.05, 3.63) is 29.7 Å². The molecular formula is C13H13NO7. The molecule has 112 valence electrons. The fourth-order valence-corrected chi connectivity index (χ4v) is 1.76. The van der Waals surface area contributed by atoms with Gasteiger partial charge in [0, 0.05) is 6.07 Å². The SMILES string of the molecule is COC(=O)C1=C(C(=O)OC)N(O)c2ccc(OC)cc2O1. The number of methoxy groups -OCH3 is 3. The Morgan fingerprint density at radius 3 is 2.38 bits per heavy atom. The van der Waals surface area contributed by atoms with Gasteiger partial charge in [-0.1, -0.05) is 0 Å². The Kier molecular flexibility index (Phi) is 3.99. The molecule has 1 aromatic carbocycles. The van der Waals surface area contributed by atoms with E-state index in [0.29, 0.717) is 10.8 Å². The van der Waals surface area contributed by atoms with E-state index >= 15 is 0 Å².